The van der Waals surface area contributed by atoms with Crippen molar-refractivity contribution in [1.82, 2.24) is 9.80 Å². The summed E-state index contributed by atoms with van der Waals surface area (Å²) >= 11 is 0. The van der Waals surface area contributed by atoms with Gasteiger partial charge in [0.2, 0.25) is 0 Å². The molecule has 2 amide bonds. The van der Waals surface area contributed by atoms with Crippen molar-refractivity contribution in [2.75, 3.05) is 26.2 Å². The van der Waals surface area contributed by atoms with Gasteiger partial charge >= 0.3 is 12.0 Å². The number of rotatable bonds is 5. The Balaban J connectivity index is 2.45. The number of amides is 2. The van der Waals surface area contributed by atoms with Crippen LogP contribution < -0.4 is 0 Å². The zero-order valence-electron chi connectivity index (χ0n) is 12.3. The third-order valence-corrected chi connectivity index (χ3v) is 3.59. The van der Waals surface area contributed by atoms with Crippen molar-refractivity contribution in [3.8, 4) is 0 Å². The second-order valence-corrected chi connectivity index (χ2v) is 5.74. The van der Waals surface area contributed by atoms with E-state index in [1.165, 1.54) is 0 Å². The molecule has 1 aliphatic rings. The largest absolute Gasteiger partial charge is 0.481 e. The Hall–Kier alpha value is -1.26. The summed E-state index contributed by atoms with van der Waals surface area (Å²) in [5.41, 5.74) is 0. The van der Waals surface area contributed by atoms with Crippen LogP contribution in [0.3, 0.4) is 0 Å². The van der Waals surface area contributed by atoms with Gasteiger partial charge in [-0.1, -0.05) is 13.8 Å². The molecule has 0 radical (unpaired) electrons. The minimum absolute atomic E-state index is 0.102. The number of piperidine rings is 1. The summed E-state index contributed by atoms with van der Waals surface area (Å²) in [4.78, 5) is 26.7. The number of carbonyl (C=O) groups excluding carboxylic acids is 1. The second-order valence-electron chi connectivity index (χ2n) is 5.74. The molecule has 19 heavy (non-hydrogen) atoms. The first-order chi connectivity index (χ1) is 8.93. The predicted octanol–water partition coefficient (Wildman–Crippen LogP) is 2.27. The van der Waals surface area contributed by atoms with Crippen LogP contribution in [0.5, 0.6) is 0 Å². The van der Waals surface area contributed by atoms with Crippen molar-refractivity contribution in [3.05, 3.63) is 0 Å². The number of nitrogens with zero attached hydrogens (tertiary/aromatic N) is 2. The monoisotopic (exact) mass is 270 g/mol. The molecule has 1 N–H and O–H groups in total. The maximum absolute atomic E-state index is 12.3. The smallest absolute Gasteiger partial charge is 0.319 e. The molecule has 0 unspecified atom stereocenters. The molecule has 1 rings (SSSR count). The number of carbonyl (C=O) groups is 2. The van der Waals surface area contributed by atoms with Crippen molar-refractivity contribution in [2.45, 2.75) is 40.0 Å². The number of carboxylic acids is 1. The maximum Gasteiger partial charge on any atom is 0.319 e. The van der Waals surface area contributed by atoms with E-state index in [1.807, 2.05) is 16.7 Å². The molecule has 110 valence electrons. The van der Waals surface area contributed by atoms with Crippen molar-refractivity contribution in [3.63, 3.8) is 0 Å². The van der Waals surface area contributed by atoms with Crippen LogP contribution in [0.2, 0.25) is 0 Å². The van der Waals surface area contributed by atoms with Crippen molar-refractivity contribution in [1.29, 1.82) is 0 Å². The molecule has 5 nitrogen and oxygen atoms in total. The molecular formula is C14H26N2O3. The van der Waals surface area contributed by atoms with Gasteiger partial charge in [0, 0.05) is 32.6 Å². The van der Waals surface area contributed by atoms with Gasteiger partial charge in [-0.25, -0.2) is 4.79 Å². The number of hydrogen-bond acceptors (Lipinski definition) is 2. The van der Waals surface area contributed by atoms with Crippen LogP contribution in [0.4, 0.5) is 4.79 Å². The first kappa shape index (κ1) is 15.8. The van der Waals surface area contributed by atoms with Crippen molar-refractivity contribution >= 4 is 12.0 Å². The van der Waals surface area contributed by atoms with Gasteiger partial charge in [-0.05, 0) is 31.6 Å². The number of urea groups is 1. The molecule has 1 heterocycles. The molecule has 1 aliphatic heterocycles. The predicted molar refractivity (Wildman–Crippen MR) is 74.0 cm³/mol. The average molecular weight is 270 g/mol. The quantitative estimate of drug-likeness (QED) is 0.833. The maximum atomic E-state index is 12.3. The highest BCUT2D eigenvalue weighted by atomic mass is 16.4. The molecule has 0 aromatic carbocycles. The fraction of sp³-hybridized carbons (Fsp3) is 0.857. The fourth-order valence-electron chi connectivity index (χ4n) is 2.56. The summed E-state index contributed by atoms with van der Waals surface area (Å²) in [6.07, 6.45) is 1.83. The number of hydrogen-bond donors (Lipinski definition) is 1. The van der Waals surface area contributed by atoms with Crippen molar-refractivity contribution < 1.29 is 14.7 Å². The lowest BCUT2D eigenvalue weighted by molar-refractivity contribution is -0.138. The Kier molecular flexibility index (Phi) is 6.12. The van der Waals surface area contributed by atoms with Gasteiger partial charge in [0.25, 0.3) is 0 Å². The molecule has 1 saturated heterocycles. The number of likely N-dealkylation sites (tertiary alicyclic amines) is 1. The van der Waals surface area contributed by atoms with Gasteiger partial charge < -0.3 is 14.9 Å². The van der Waals surface area contributed by atoms with E-state index < -0.39 is 5.97 Å². The minimum Gasteiger partial charge on any atom is -0.481 e. The summed E-state index contributed by atoms with van der Waals surface area (Å²) in [6, 6.07) is 0.102. The highest BCUT2D eigenvalue weighted by Crippen LogP contribution is 2.21. The lowest BCUT2D eigenvalue weighted by Crippen LogP contribution is -2.47. The molecule has 0 aromatic heterocycles. The van der Waals surface area contributed by atoms with Crippen molar-refractivity contribution in [2.24, 2.45) is 11.8 Å². The third kappa shape index (κ3) is 5.09. The zero-order chi connectivity index (χ0) is 14.4. The van der Waals surface area contributed by atoms with Gasteiger partial charge in [0.05, 0.1) is 0 Å². The average Bonchev–Trinajstić information content (AvgIpc) is 2.35. The molecule has 0 spiro atoms. The molecule has 0 saturated carbocycles. The zero-order valence-corrected chi connectivity index (χ0v) is 12.3. The van der Waals surface area contributed by atoms with E-state index in [1.54, 1.807) is 0 Å². The van der Waals surface area contributed by atoms with E-state index in [9.17, 15) is 9.59 Å². The fourth-order valence-corrected chi connectivity index (χ4v) is 2.56. The number of carboxylic acid groups (broad SMARTS) is 1. The first-order valence-electron chi connectivity index (χ1n) is 7.19. The minimum atomic E-state index is -0.736. The summed E-state index contributed by atoms with van der Waals surface area (Å²) in [5, 5.41) is 8.78. The molecule has 5 heteroatoms. The second kappa shape index (κ2) is 7.36. The normalized spacial score (nSPS) is 16.7. The van der Waals surface area contributed by atoms with Gasteiger partial charge in [-0.3, -0.25) is 4.79 Å². The van der Waals surface area contributed by atoms with E-state index in [0.29, 0.717) is 19.0 Å². The van der Waals surface area contributed by atoms with Crippen LogP contribution in [-0.4, -0.2) is 53.1 Å². The summed E-state index contributed by atoms with van der Waals surface area (Å²) in [6.45, 7) is 9.09. The molecule has 0 aromatic rings. The van der Waals surface area contributed by atoms with E-state index in [0.717, 1.165) is 25.9 Å². The van der Waals surface area contributed by atoms with Gasteiger partial charge in [0.15, 0.2) is 0 Å². The first-order valence-corrected chi connectivity index (χ1v) is 7.19. The van der Waals surface area contributed by atoms with Crippen LogP contribution in [0.15, 0.2) is 0 Å². The molecular weight excluding hydrogens is 244 g/mol. The lowest BCUT2D eigenvalue weighted by atomic mass is 9.94. The summed E-state index contributed by atoms with van der Waals surface area (Å²) < 4.78 is 0. The van der Waals surface area contributed by atoms with Crippen LogP contribution in [0.25, 0.3) is 0 Å². The van der Waals surface area contributed by atoms with Gasteiger partial charge in [-0.2, -0.15) is 0 Å². The summed E-state index contributed by atoms with van der Waals surface area (Å²) in [5.74, 6) is -0.0463. The molecule has 0 bridgehead atoms. The summed E-state index contributed by atoms with van der Waals surface area (Å²) in [7, 11) is 0. The lowest BCUT2D eigenvalue weighted by Gasteiger charge is -2.35. The topological polar surface area (TPSA) is 60.9 Å². The highest BCUT2D eigenvalue weighted by molar-refractivity contribution is 5.74. The van der Waals surface area contributed by atoms with Crippen LogP contribution in [0, 0.1) is 11.8 Å². The Bertz CT molecular complexity index is 310. The van der Waals surface area contributed by atoms with Gasteiger partial charge in [0.1, 0.15) is 0 Å². The third-order valence-electron chi connectivity index (χ3n) is 3.59. The van der Waals surface area contributed by atoms with E-state index in [-0.39, 0.29) is 18.4 Å². The van der Waals surface area contributed by atoms with E-state index >= 15 is 0 Å². The molecule has 1 fully saturated rings. The number of aliphatic carboxylic acids is 1. The SMILES string of the molecule is CCN(CC(C)C)C(=O)N1CCC(CC(=O)O)CC1. The Morgan fingerprint density at radius 1 is 1.32 bits per heavy atom. The Labute approximate surface area is 115 Å². The van der Waals surface area contributed by atoms with Crippen LogP contribution >= 0.6 is 0 Å². The Morgan fingerprint density at radius 3 is 2.32 bits per heavy atom. The van der Waals surface area contributed by atoms with E-state index in [2.05, 4.69) is 13.8 Å². The van der Waals surface area contributed by atoms with E-state index in [4.69, 9.17) is 5.11 Å². The molecule has 0 aliphatic carbocycles. The van der Waals surface area contributed by atoms with Crippen LogP contribution in [-0.2, 0) is 4.79 Å². The molecule has 0 atom stereocenters. The Morgan fingerprint density at radius 2 is 1.89 bits per heavy atom. The highest BCUT2D eigenvalue weighted by Gasteiger charge is 2.26. The standard InChI is InChI=1S/C14H26N2O3/c1-4-15(10-11(2)3)14(19)16-7-5-12(6-8-16)9-13(17)18/h11-12H,4-10H2,1-3H3,(H,17,18). The van der Waals surface area contributed by atoms with Crippen LogP contribution in [0.1, 0.15) is 40.0 Å². The van der Waals surface area contributed by atoms with Gasteiger partial charge in [-0.15, -0.1) is 0 Å².